The van der Waals surface area contributed by atoms with Crippen molar-refractivity contribution in [2.45, 2.75) is 38.6 Å². The smallest absolute Gasteiger partial charge is 0.407 e. The van der Waals surface area contributed by atoms with Gasteiger partial charge in [0.25, 0.3) is 0 Å². The number of rotatable bonds is 5. The Kier molecular flexibility index (Phi) is 5.99. The van der Waals surface area contributed by atoms with Gasteiger partial charge in [-0.1, -0.05) is 12.1 Å². The number of amides is 1. The first kappa shape index (κ1) is 17.3. The van der Waals surface area contributed by atoms with Crippen molar-refractivity contribution >= 4 is 6.09 Å². The number of alkyl carbamates (subject to hydrolysis) is 1. The van der Waals surface area contributed by atoms with Crippen LogP contribution in [-0.4, -0.2) is 41.7 Å². The van der Waals surface area contributed by atoms with Gasteiger partial charge in [0.15, 0.2) is 0 Å². The zero-order valence-corrected chi connectivity index (χ0v) is 12.8. The Morgan fingerprint density at radius 1 is 1.33 bits per heavy atom. The molecule has 6 heteroatoms. The minimum absolute atomic E-state index is 0.118. The van der Waals surface area contributed by atoms with Gasteiger partial charge >= 0.3 is 6.09 Å². The molecule has 0 saturated carbocycles. The number of nitrogens with one attached hydrogen (secondary N) is 1. The van der Waals surface area contributed by atoms with Gasteiger partial charge in [0.05, 0.1) is 7.11 Å². The SMILES string of the molecule is COc1cccc(C(O)C(O)CNC(=O)OC(C)(C)C)c1. The number of aliphatic hydroxyl groups is 2. The van der Waals surface area contributed by atoms with Crippen molar-refractivity contribution in [3.63, 3.8) is 0 Å². The summed E-state index contributed by atoms with van der Waals surface area (Å²) in [5, 5.41) is 22.4. The number of methoxy groups -OCH3 is 1. The molecule has 0 aliphatic carbocycles. The fourth-order valence-electron chi connectivity index (χ4n) is 1.66. The van der Waals surface area contributed by atoms with Gasteiger partial charge in [-0.2, -0.15) is 0 Å². The van der Waals surface area contributed by atoms with Crippen LogP contribution < -0.4 is 10.1 Å². The first-order chi connectivity index (χ1) is 9.73. The summed E-state index contributed by atoms with van der Waals surface area (Å²) in [6.45, 7) is 5.11. The van der Waals surface area contributed by atoms with Gasteiger partial charge in [0.2, 0.25) is 0 Å². The molecule has 0 bridgehead atoms. The third-order valence-electron chi connectivity index (χ3n) is 2.65. The molecule has 1 aromatic carbocycles. The van der Waals surface area contributed by atoms with Gasteiger partial charge in [-0.3, -0.25) is 0 Å². The molecule has 0 fully saturated rings. The van der Waals surface area contributed by atoms with Gasteiger partial charge in [0, 0.05) is 6.54 Å². The molecule has 2 atom stereocenters. The lowest BCUT2D eigenvalue weighted by Gasteiger charge is -2.22. The molecule has 3 N–H and O–H groups in total. The molecule has 1 rings (SSSR count). The van der Waals surface area contributed by atoms with E-state index in [1.54, 1.807) is 45.0 Å². The summed E-state index contributed by atoms with van der Waals surface area (Å²) in [5.74, 6) is 0.582. The summed E-state index contributed by atoms with van der Waals surface area (Å²) >= 11 is 0. The zero-order valence-electron chi connectivity index (χ0n) is 12.8. The second-order valence-electron chi connectivity index (χ2n) is 5.67. The van der Waals surface area contributed by atoms with Gasteiger partial charge < -0.3 is 25.0 Å². The van der Waals surface area contributed by atoms with E-state index < -0.39 is 23.9 Å². The predicted octanol–water partition coefficient (Wildman–Crippen LogP) is 1.61. The fourth-order valence-corrected chi connectivity index (χ4v) is 1.66. The second-order valence-corrected chi connectivity index (χ2v) is 5.67. The summed E-state index contributed by atoms with van der Waals surface area (Å²) in [4.78, 5) is 11.5. The summed E-state index contributed by atoms with van der Waals surface area (Å²) in [6.07, 6.45) is -2.92. The lowest BCUT2D eigenvalue weighted by molar-refractivity contribution is 0.0128. The van der Waals surface area contributed by atoms with E-state index in [0.29, 0.717) is 11.3 Å². The Labute approximate surface area is 124 Å². The van der Waals surface area contributed by atoms with Crippen molar-refractivity contribution in [2.24, 2.45) is 0 Å². The molecule has 1 aromatic rings. The molecule has 118 valence electrons. The van der Waals surface area contributed by atoms with E-state index in [4.69, 9.17) is 9.47 Å². The van der Waals surface area contributed by atoms with Crippen molar-refractivity contribution < 1.29 is 24.5 Å². The fraction of sp³-hybridized carbons (Fsp3) is 0.533. The van der Waals surface area contributed by atoms with Crippen LogP contribution in [0.5, 0.6) is 5.75 Å². The van der Waals surface area contributed by atoms with E-state index in [0.717, 1.165) is 0 Å². The van der Waals surface area contributed by atoms with Crippen molar-refractivity contribution in [3.05, 3.63) is 29.8 Å². The predicted molar refractivity (Wildman–Crippen MR) is 78.2 cm³/mol. The van der Waals surface area contributed by atoms with Gasteiger partial charge in [-0.05, 0) is 38.5 Å². The highest BCUT2D eigenvalue weighted by Crippen LogP contribution is 2.21. The van der Waals surface area contributed by atoms with Crippen molar-refractivity contribution in [1.29, 1.82) is 0 Å². The Bertz CT molecular complexity index is 469. The standard InChI is InChI=1S/C15H23NO5/c1-15(2,3)21-14(19)16-9-12(17)13(18)10-6-5-7-11(8-10)20-4/h5-8,12-13,17-18H,9H2,1-4H3,(H,16,19). The molecule has 0 aromatic heterocycles. The highest BCUT2D eigenvalue weighted by Gasteiger charge is 2.21. The number of hydrogen-bond acceptors (Lipinski definition) is 5. The van der Waals surface area contributed by atoms with Crippen LogP contribution in [0.25, 0.3) is 0 Å². The Balaban J connectivity index is 2.54. The highest BCUT2D eigenvalue weighted by molar-refractivity contribution is 5.67. The molecule has 21 heavy (non-hydrogen) atoms. The molecule has 0 spiro atoms. The number of ether oxygens (including phenoxy) is 2. The molecule has 0 saturated heterocycles. The molecule has 0 aliphatic rings. The van der Waals surface area contributed by atoms with E-state index in [2.05, 4.69) is 5.32 Å². The summed E-state index contributed by atoms with van der Waals surface area (Å²) in [5.41, 5.74) is -0.103. The first-order valence-electron chi connectivity index (χ1n) is 6.70. The van der Waals surface area contributed by atoms with Crippen LogP contribution in [0.15, 0.2) is 24.3 Å². The largest absolute Gasteiger partial charge is 0.497 e. The van der Waals surface area contributed by atoms with Crippen LogP contribution >= 0.6 is 0 Å². The monoisotopic (exact) mass is 297 g/mol. The van der Waals surface area contributed by atoms with E-state index in [9.17, 15) is 15.0 Å². The van der Waals surface area contributed by atoms with Crippen LogP contribution in [0.1, 0.15) is 32.4 Å². The topological polar surface area (TPSA) is 88.0 Å². The van der Waals surface area contributed by atoms with Crippen LogP contribution in [-0.2, 0) is 4.74 Å². The van der Waals surface area contributed by atoms with Crippen LogP contribution in [0.3, 0.4) is 0 Å². The Morgan fingerprint density at radius 3 is 2.57 bits per heavy atom. The van der Waals surface area contributed by atoms with Crippen LogP contribution in [0.2, 0.25) is 0 Å². The minimum atomic E-state index is -1.15. The molecular weight excluding hydrogens is 274 g/mol. The molecule has 1 amide bonds. The first-order valence-corrected chi connectivity index (χ1v) is 6.70. The maximum Gasteiger partial charge on any atom is 0.407 e. The highest BCUT2D eigenvalue weighted by atomic mass is 16.6. The lowest BCUT2D eigenvalue weighted by atomic mass is 10.0. The van der Waals surface area contributed by atoms with Gasteiger partial charge in [-0.25, -0.2) is 4.79 Å². The second kappa shape index (κ2) is 7.28. The van der Waals surface area contributed by atoms with E-state index in [1.165, 1.54) is 7.11 Å². The van der Waals surface area contributed by atoms with Crippen LogP contribution in [0, 0.1) is 0 Å². The normalized spacial score (nSPS) is 14.2. The molecule has 6 nitrogen and oxygen atoms in total. The summed E-state index contributed by atoms with van der Waals surface area (Å²) in [6, 6.07) is 6.75. The summed E-state index contributed by atoms with van der Waals surface area (Å²) < 4.78 is 10.1. The van der Waals surface area contributed by atoms with Crippen molar-refractivity contribution in [2.75, 3.05) is 13.7 Å². The molecule has 0 heterocycles. The number of carbonyl (C=O) groups is 1. The number of hydrogen-bond donors (Lipinski definition) is 3. The molecule has 0 radical (unpaired) electrons. The number of aliphatic hydroxyl groups excluding tert-OH is 2. The van der Waals surface area contributed by atoms with Crippen molar-refractivity contribution in [1.82, 2.24) is 5.32 Å². The Morgan fingerprint density at radius 2 is 2.00 bits per heavy atom. The third kappa shape index (κ3) is 6.01. The number of carbonyl (C=O) groups excluding carboxylic acids is 1. The van der Waals surface area contributed by atoms with Gasteiger partial charge in [-0.15, -0.1) is 0 Å². The molecule has 0 aliphatic heterocycles. The average molecular weight is 297 g/mol. The zero-order chi connectivity index (χ0) is 16.0. The van der Waals surface area contributed by atoms with E-state index >= 15 is 0 Å². The maximum absolute atomic E-state index is 11.5. The minimum Gasteiger partial charge on any atom is -0.497 e. The lowest BCUT2D eigenvalue weighted by Crippen LogP contribution is -2.38. The average Bonchev–Trinajstić information content (AvgIpc) is 2.42. The van der Waals surface area contributed by atoms with Crippen molar-refractivity contribution in [3.8, 4) is 5.75 Å². The quantitative estimate of drug-likeness (QED) is 0.768. The van der Waals surface area contributed by atoms with E-state index in [1.807, 2.05) is 0 Å². The maximum atomic E-state index is 11.5. The van der Waals surface area contributed by atoms with Crippen LogP contribution in [0.4, 0.5) is 4.79 Å². The Hall–Kier alpha value is -1.79. The third-order valence-corrected chi connectivity index (χ3v) is 2.65. The number of benzene rings is 1. The molecule has 2 unspecified atom stereocenters. The van der Waals surface area contributed by atoms with E-state index in [-0.39, 0.29) is 6.54 Å². The van der Waals surface area contributed by atoms with Gasteiger partial charge in [0.1, 0.15) is 23.6 Å². The summed E-state index contributed by atoms with van der Waals surface area (Å²) in [7, 11) is 1.52. The molecular formula is C15H23NO5.